The van der Waals surface area contributed by atoms with Gasteiger partial charge in [0.2, 0.25) is 0 Å². The number of furan rings is 1. The van der Waals surface area contributed by atoms with Gasteiger partial charge in [-0.05, 0) is 126 Å². The van der Waals surface area contributed by atoms with Crippen LogP contribution in [-0.2, 0) is 10.8 Å². The van der Waals surface area contributed by atoms with Gasteiger partial charge < -0.3 is 8.98 Å². The van der Waals surface area contributed by atoms with Crippen molar-refractivity contribution in [3.8, 4) is 5.69 Å². The molecule has 262 valence electrons. The third-order valence-electron chi connectivity index (χ3n) is 14.1. The van der Waals surface area contributed by atoms with Crippen molar-refractivity contribution < 1.29 is 4.42 Å². The largest absolute Gasteiger partial charge is 0.456 e. The van der Waals surface area contributed by atoms with E-state index in [9.17, 15) is 0 Å². The van der Waals surface area contributed by atoms with E-state index in [-0.39, 0.29) is 10.8 Å². The molecule has 4 aliphatic carbocycles. The second-order valence-corrected chi connectivity index (χ2v) is 18.2. The molecule has 0 radical (unpaired) electrons. The lowest BCUT2D eigenvalue weighted by Gasteiger charge is -2.63. The summed E-state index contributed by atoms with van der Waals surface area (Å²) in [6.07, 6.45) is 7.70. The summed E-state index contributed by atoms with van der Waals surface area (Å²) in [5.41, 5.74) is 9.57. The van der Waals surface area contributed by atoms with E-state index < -0.39 is 0 Å². The Labute approximate surface area is 322 Å². The van der Waals surface area contributed by atoms with Crippen molar-refractivity contribution in [1.82, 2.24) is 4.57 Å². The Balaban J connectivity index is 0.951. The maximum atomic E-state index is 7.60. The number of nitrogens with zero attached hydrogens (tertiary/aromatic N) is 2. The topological polar surface area (TPSA) is 22.4 Å². The fourth-order valence-electron chi connectivity index (χ4n) is 12.4. The molecule has 0 aliphatic heterocycles. The van der Waals surface area contributed by atoms with Gasteiger partial charge in [-0.15, -0.1) is 11.3 Å². The molecule has 14 rings (SSSR count). The summed E-state index contributed by atoms with van der Waals surface area (Å²) in [6, 6.07) is 49.8. The van der Waals surface area contributed by atoms with Gasteiger partial charge in [-0.3, -0.25) is 0 Å². The van der Waals surface area contributed by atoms with Gasteiger partial charge in [-0.2, -0.15) is 0 Å². The van der Waals surface area contributed by atoms with E-state index in [4.69, 9.17) is 11.0 Å². The Morgan fingerprint density at radius 2 is 1.31 bits per heavy atom. The first-order valence-corrected chi connectivity index (χ1v) is 20.6. The average Bonchev–Trinajstić information content (AvgIpc) is 3.89. The second kappa shape index (κ2) is 10.7. The molecule has 0 N–H and O–H groups in total. The summed E-state index contributed by atoms with van der Waals surface area (Å²) in [4.78, 5) is 3.72. The van der Waals surface area contributed by atoms with Crippen LogP contribution in [0.1, 0.15) is 49.7 Å². The van der Waals surface area contributed by atoms with E-state index in [1.54, 1.807) is 0 Å². The number of rotatable bonds is 3. The van der Waals surface area contributed by atoms with E-state index in [2.05, 4.69) is 125 Å². The normalized spacial score (nSPS) is 23.3. The first kappa shape index (κ1) is 30.4. The minimum atomic E-state index is 0.164. The molecule has 4 aliphatic rings. The SMILES string of the molecule is [C-]#[N+]c1ccc2oc3ccc(C45CC6CC(CC(c7ccc8c(-n9c%10ccccc%10c%10c%11sc%12ccccc%12c%11ccc%109)cccc8c7)(C6)C4)C5)cc3c2c1. The van der Waals surface area contributed by atoms with E-state index >= 15 is 0 Å². The Hall–Kier alpha value is -5.89. The Kier molecular flexibility index (Phi) is 5.90. The van der Waals surface area contributed by atoms with Crippen LogP contribution in [-0.4, -0.2) is 4.57 Å². The maximum absolute atomic E-state index is 7.60. The molecule has 0 spiro atoms. The first-order valence-electron chi connectivity index (χ1n) is 19.8. The third-order valence-corrected chi connectivity index (χ3v) is 15.4. The highest BCUT2D eigenvalue weighted by Gasteiger charge is 2.58. The van der Waals surface area contributed by atoms with Crippen molar-refractivity contribution in [1.29, 1.82) is 0 Å². The van der Waals surface area contributed by atoms with Gasteiger partial charge >= 0.3 is 0 Å². The van der Waals surface area contributed by atoms with Gasteiger partial charge in [0.1, 0.15) is 11.2 Å². The van der Waals surface area contributed by atoms with Crippen LogP contribution in [0.15, 0.2) is 138 Å². The number of thiophene rings is 1. The Bertz CT molecular complexity index is 3320. The van der Waals surface area contributed by atoms with Crippen molar-refractivity contribution in [2.75, 3.05) is 0 Å². The highest BCUT2D eigenvalue weighted by molar-refractivity contribution is 7.26. The van der Waals surface area contributed by atoms with E-state index in [0.717, 1.165) is 33.8 Å². The molecule has 4 saturated carbocycles. The maximum Gasteiger partial charge on any atom is 0.188 e. The molecule has 3 nitrogen and oxygen atoms in total. The van der Waals surface area contributed by atoms with Crippen molar-refractivity contribution in [2.24, 2.45) is 11.8 Å². The zero-order chi connectivity index (χ0) is 36.0. The number of hydrogen-bond acceptors (Lipinski definition) is 2. The van der Waals surface area contributed by atoms with Gasteiger partial charge in [0.25, 0.3) is 0 Å². The number of aromatic nitrogens is 1. The molecule has 2 unspecified atom stereocenters. The summed E-state index contributed by atoms with van der Waals surface area (Å²) in [7, 11) is 0. The molecule has 2 atom stereocenters. The summed E-state index contributed by atoms with van der Waals surface area (Å²) in [6.45, 7) is 7.60. The lowest BCUT2D eigenvalue weighted by atomic mass is 9.41. The van der Waals surface area contributed by atoms with Crippen molar-refractivity contribution in [2.45, 2.75) is 49.4 Å². The zero-order valence-electron chi connectivity index (χ0n) is 30.3. The van der Waals surface area contributed by atoms with Gasteiger partial charge in [0, 0.05) is 47.1 Å². The monoisotopic (exact) mass is 724 g/mol. The van der Waals surface area contributed by atoms with Crippen LogP contribution >= 0.6 is 11.3 Å². The predicted octanol–water partition coefficient (Wildman–Crippen LogP) is 14.5. The van der Waals surface area contributed by atoms with Gasteiger partial charge in [-0.1, -0.05) is 84.9 Å². The minimum Gasteiger partial charge on any atom is -0.456 e. The second-order valence-electron chi connectivity index (χ2n) is 17.1. The highest BCUT2D eigenvalue weighted by atomic mass is 32.1. The van der Waals surface area contributed by atoms with Crippen LogP contribution in [0.2, 0.25) is 0 Å². The molecule has 55 heavy (non-hydrogen) atoms. The Morgan fingerprint density at radius 1 is 0.600 bits per heavy atom. The molecule has 3 heterocycles. The number of benzene rings is 7. The summed E-state index contributed by atoms with van der Waals surface area (Å²) in [5.74, 6) is 1.49. The quantitative estimate of drug-likeness (QED) is 0.166. The fourth-order valence-corrected chi connectivity index (χ4v) is 13.6. The molecule has 0 saturated heterocycles. The lowest BCUT2D eigenvalue weighted by molar-refractivity contribution is -0.0280. The molecule has 3 aromatic heterocycles. The highest BCUT2D eigenvalue weighted by Crippen LogP contribution is 2.66. The summed E-state index contributed by atoms with van der Waals surface area (Å²) >= 11 is 1.92. The third kappa shape index (κ3) is 4.09. The van der Waals surface area contributed by atoms with E-state index in [1.165, 1.54) is 108 Å². The van der Waals surface area contributed by atoms with Crippen LogP contribution in [0.3, 0.4) is 0 Å². The van der Waals surface area contributed by atoms with Crippen molar-refractivity contribution in [3.05, 3.63) is 156 Å². The summed E-state index contributed by atoms with van der Waals surface area (Å²) < 4.78 is 11.5. The minimum absolute atomic E-state index is 0.164. The average molecular weight is 725 g/mol. The molecule has 0 amide bonds. The van der Waals surface area contributed by atoms with Crippen LogP contribution < -0.4 is 0 Å². The summed E-state index contributed by atoms with van der Waals surface area (Å²) in [5, 5.41) is 10.2. The van der Waals surface area contributed by atoms with Gasteiger partial charge in [-0.25, -0.2) is 4.85 Å². The molecular weight excluding hydrogens is 689 g/mol. The molecule has 4 heteroatoms. The molecule has 7 aromatic carbocycles. The number of fused-ring (bicyclic) bond motifs is 11. The molecule has 10 aromatic rings. The van der Waals surface area contributed by atoms with Crippen LogP contribution in [0, 0.1) is 18.4 Å². The smallest absolute Gasteiger partial charge is 0.188 e. The van der Waals surface area contributed by atoms with Gasteiger partial charge in [0.15, 0.2) is 5.69 Å². The molecular formula is C51H36N2OS. The van der Waals surface area contributed by atoms with Crippen molar-refractivity contribution >= 4 is 91.7 Å². The predicted molar refractivity (Wildman–Crippen MR) is 229 cm³/mol. The molecule has 4 fully saturated rings. The zero-order valence-corrected chi connectivity index (χ0v) is 31.1. The standard InChI is InChI=1S/C51H36N2OS/c1-52-35-15-20-46-41(24-35)40-23-34(14-19-45(40)54-46)51-27-30-21-31(28-51)26-50(25-30,29-51)33-13-16-36-32(22-33)7-6-11-42(36)53-43-10-4-2-9-39(43)48-44(53)18-17-38-37-8-3-5-12-47(37)55-49(38)48/h2-20,22-24,30-31H,21,25-29H2. The van der Waals surface area contributed by atoms with Crippen LogP contribution in [0.4, 0.5) is 5.69 Å². The van der Waals surface area contributed by atoms with Crippen LogP contribution in [0.25, 0.3) is 85.2 Å². The number of para-hydroxylation sites is 1. The van der Waals surface area contributed by atoms with E-state index in [1.807, 2.05) is 29.5 Å². The first-order chi connectivity index (χ1) is 27.1. The van der Waals surface area contributed by atoms with E-state index in [0.29, 0.717) is 5.69 Å². The van der Waals surface area contributed by atoms with Gasteiger partial charge in [0.05, 0.1) is 23.3 Å². The number of hydrogen-bond donors (Lipinski definition) is 0. The molecule has 4 bridgehead atoms. The van der Waals surface area contributed by atoms with Crippen LogP contribution in [0.5, 0.6) is 0 Å². The Morgan fingerprint density at radius 3 is 2.15 bits per heavy atom. The fraction of sp³-hybridized carbons (Fsp3) is 0.196. The van der Waals surface area contributed by atoms with Crippen molar-refractivity contribution in [3.63, 3.8) is 0 Å². The lowest BCUT2D eigenvalue weighted by Crippen LogP contribution is -2.55.